The first-order valence-corrected chi connectivity index (χ1v) is 11.1. The summed E-state index contributed by atoms with van der Waals surface area (Å²) in [7, 11) is 0. The van der Waals surface area contributed by atoms with Crippen LogP contribution in [0.2, 0.25) is 0 Å². The lowest BCUT2D eigenvalue weighted by Gasteiger charge is -2.38. The molecule has 0 radical (unpaired) electrons. The fourth-order valence-electron chi connectivity index (χ4n) is 4.13. The Hall–Kier alpha value is -2.16. The summed E-state index contributed by atoms with van der Waals surface area (Å²) in [6.45, 7) is 7.82. The van der Waals surface area contributed by atoms with Crippen LogP contribution in [0.3, 0.4) is 0 Å². The summed E-state index contributed by atoms with van der Waals surface area (Å²) in [6.07, 6.45) is 3.74. The van der Waals surface area contributed by atoms with Gasteiger partial charge < -0.3 is 19.7 Å². The number of aromatic nitrogens is 4. The van der Waals surface area contributed by atoms with Gasteiger partial charge in [-0.3, -0.25) is 0 Å². The predicted octanol–water partition coefficient (Wildman–Crippen LogP) is 3.06. The second-order valence-electron chi connectivity index (χ2n) is 7.75. The Morgan fingerprint density at radius 2 is 1.90 bits per heavy atom. The molecule has 154 valence electrons. The lowest BCUT2D eigenvalue weighted by Crippen LogP contribution is -2.42. The van der Waals surface area contributed by atoms with E-state index in [-0.39, 0.29) is 19.3 Å². The van der Waals surface area contributed by atoms with Crippen molar-refractivity contribution in [3.63, 3.8) is 0 Å². The summed E-state index contributed by atoms with van der Waals surface area (Å²) in [5.74, 6) is 2.00. The van der Waals surface area contributed by atoms with Gasteiger partial charge in [0.1, 0.15) is 5.82 Å². The van der Waals surface area contributed by atoms with E-state index < -0.39 is 0 Å². The number of benzene rings is 1. The summed E-state index contributed by atoms with van der Waals surface area (Å²) in [4.78, 5) is 17.5. The highest BCUT2D eigenvalue weighted by molar-refractivity contribution is 7.98. The quantitative estimate of drug-likeness (QED) is 0.622. The number of anilines is 1. The zero-order valence-electron chi connectivity index (χ0n) is 17.3. The number of hydrogen-bond donors (Lipinski definition) is 2. The zero-order valence-corrected chi connectivity index (χ0v) is 18.1. The summed E-state index contributed by atoms with van der Waals surface area (Å²) < 4.78 is 2.30. The molecule has 3 aromatic rings. The van der Waals surface area contributed by atoms with Gasteiger partial charge in [-0.25, -0.2) is 15.0 Å². The van der Waals surface area contributed by atoms with Gasteiger partial charge in [0, 0.05) is 35.4 Å². The van der Waals surface area contributed by atoms with Gasteiger partial charge in [0.15, 0.2) is 0 Å². The maximum Gasteiger partial charge on any atom is 0.226 e. The lowest BCUT2D eigenvalue weighted by atomic mass is 10.00. The van der Waals surface area contributed by atoms with Crippen LogP contribution < -0.4 is 4.90 Å². The number of hydrogen-bond acceptors (Lipinski definition) is 7. The minimum Gasteiger partial charge on any atom is -0.392 e. The van der Waals surface area contributed by atoms with Gasteiger partial charge in [-0.2, -0.15) is 0 Å². The number of aryl methyl sites for hydroxylation is 1. The standard InChI is InChI=1S/C21H27N5O2S/c1-12(2)19-20-24-16-7-14(10-27)18(29-4)8-17(16)25(20)5-6-26(19)21-22-9-15(11-28)13(3)23-21/h7-9,12,19,27-28H,5-6,10-11H2,1-4H3. The van der Waals surface area contributed by atoms with E-state index in [4.69, 9.17) is 4.98 Å². The van der Waals surface area contributed by atoms with Crippen LogP contribution in [0.4, 0.5) is 5.95 Å². The van der Waals surface area contributed by atoms with E-state index in [9.17, 15) is 10.2 Å². The molecule has 8 heteroatoms. The highest BCUT2D eigenvalue weighted by Gasteiger charge is 2.34. The second-order valence-corrected chi connectivity index (χ2v) is 8.60. The molecule has 0 amide bonds. The molecule has 0 fully saturated rings. The maximum absolute atomic E-state index is 9.72. The van der Waals surface area contributed by atoms with Crippen molar-refractivity contribution in [3.8, 4) is 0 Å². The first kappa shape index (κ1) is 20.1. The molecule has 0 saturated heterocycles. The number of imidazole rings is 1. The van der Waals surface area contributed by atoms with Gasteiger partial charge in [0.2, 0.25) is 5.95 Å². The summed E-state index contributed by atoms with van der Waals surface area (Å²) >= 11 is 1.65. The third-order valence-corrected chi connectivity index (χ3v) is 6.46. The summed E-state index contributed by atoms with van der Waals surface area (Å²) in [5, 5.41) is 19.2. The molecule has 29 heavy (non-hydrogen) atoms. The molecule has 1 aromatic carbocycles. The fraction of sp³-hybridized carbons (Fsp3) is 0.476. The van der Waals surface area contributed by atoms with Gasteiger partial charge >= 0.3 is 0 Å². The molecule has 0 spiro atoms. The van der Waals surface area contributed by atoms with Gasteiger partial charge in [-0.05, 0) is 36.8 Å². The number of aliphatic hydroxyl groups excluding tert-OH is 2. The molecule has 1 atom stereocenters. The molecule has 1 aliphatic rings. The molecular formula is C21H27N5O2S. The second kappa shape index (κ2) is 7.93. The predicted molar refractivity (Wildman–Crippen MR) is 115 cm³/mol. The summed E-state index contributed by atoms with van der Waals surface area (Å²) in [6, 6.07) is 4.20. The number of nitrogens with zero attached hydrogens (tertiary/aromatic N) is 5. The number of thioether (sulfide) groups is 1. The van der Waals surface area contributed by atoms with E-state index in [1.807, 2.05) is 19.2 Å². The Bertz CT molecular complexity index is 1050. The van der Waals surface area contributed by atoms with Crippen LogP contribution in [0.1, 0.15) is 42.5 Å². The van der Waals surface area contributed by atoms with Crippen molar-refractivity contribution in [1.82, 2.24) is 19.5 Å². The van der Waals surface area contributed by atoms with E-state index in [2.05, 4.69) is 39.3 Å². The molecule has 7 nitrogen and oxygen atoms in total. The molecule has 3 heterocycles. The van der Waals surface area contributed by atoms with Crippen molar-refractivity contribution in [2.45, 2.75) is 51.5 Å². The molecule has 1 unspecified atom stereocenters. The van der Waals surface area contributed by atoms with Crippen molar-refractivity contribution in [2.24, 2.45) is 5.92 Å². The SMILES string of the molecule is CSc1cc2c(cc1CO)nc1n2CCN(c2ncc(CO)c(C)n2)C1C(C)C. The normalized spacial score (nSPS) is 16.7. The third-order valence-electron chi connectivity index (χ3n) is 5.64. The minimum atomic E-state index is -0.0551. The van der Waals surface area contributed by atoms with Gasteiger partial charge in [-0.1, -0.05) is 13.8 Å². The van der Waals surface area contributed by atoms with Crippen LogP contribution in [0.5, 0.6) is 0 Å². The van der Waals surface area contributed by atoms with Gasteiger partial charge in [-0.15, -0.1) is 11.8 Å². The van der Waals surface area contributed by atoms with Gasteiger partial charge in [0.25, 0.3) is 0 Å². The topological polar surface area (TPSA) is 87.3 Å². The molecule has 4 rings (SSSR count). The Labute approximate surface area is 174 Å². The molecule has 0 bridgehead atoms. The van der Waals surface area contributed by atoms with Crippen molar-refractivity contribution >= 4 is 28.7 Å². The number of rotatable bonds is 5. The van der Waals surface area contributed by atoms with Crippen LogP contribution in [-0.4, -0.2) is 42.5 Å². The highest BCUT2D eigenvalue weighted by atomic mass is 32.2. The third kappa shape index (κ3) is 3.39. The van der Waals surface area contributed by atoms with Crippen molar-refractivity contribution in [3.05, 3.63) is 41.0 Å². The average molecular weight is 414 g/mol. The Balaban J connectivity index is 1.83. The fourth-order valence-corrected chi connectivity index (χ4v) is 4.75. The Morgan fingerprint density at radius 3 is 2.52 bits per heavy atom. The number of aliphatic hydroxyl groups is 2. The van der Waals surface area contributed by atoms with Crippen LogP contribution in [-0.2, 0) is 19.8 Å². The van der Waals surface area contributed by atoms with E-state index >= 15 is 0 Å². The molecule has 0 aliphatic carbocycles. The highest BCUT2D eigenvalue weighted by Crippen LogP contribution is 2.37. The molecular weight excluding hydrogens is 386 g/mol. The maximum atomic E-state index is 9.72. The minimum absolute atomic E-state index is 0.0123. The van der Waals surface area contributed by atoms with Crippen molar-refractivity contribution in [2.75, 3.05) is 17.7 Å². The van der Waals surface area contributed by atoms with E-state index in [1.165, 1.54) is 0 Å². The largest absolute Gasteiger partial charge is 0.392 e. The van der Waals surface area contributed by atoms with E-state index in [0.717, 1.165) is 51.7 Å². The van der Waals surface area contributed by atoms with Crippen molar-refractivity contribution in [1.29, 1.82) is 0 Å². The van der Waals surface area contributed by atoms with Crippen molar-refractivity contribution < 1.29 is 10.2 Å². The monoisotopic (exact) mass is 413 g/mol. The smallest absolute Gasteiger partial charge is 0.226 e. The van der Waals surface area contributed by atoms with E-state index in [1.54, 1.807) is 18.0 Å². The Kier molecular flexibility index (Phi) is 5.50. The Morgan fingerprint density at radius 1 is 1.14 bits per heavy atom. The molecule has 1 aliphatic heterocycles. The first-order valence-electron chi connectivity index (χ1n) is 9.86. The summed E-state index contributed by atoms with van der Waals surface area (Å²) in [5.41, 5.74) is 4.50. The first-order chi connectivity index (χ1) is 14.0. The van der Waals surface area contributed by atoms with Crippen LogP contribution in [0.15, 0.2) is 23.2 Å². The zero-order chi connectivity index (χ0) is 20.7. The molecule has 2 aromatic heterocycles. The van der Waals surface area contributed by atoms with Crippen LogP contribution >= 0.6 is 11.8 Å². The van der Waals surface area contributed by atoms with Crippen LogP contribution in [0, 0.1) is 12.8 Å². The van der Waals surface area contributed by atoms with E-state index in [0.29, 0.717) is 11.9 Å². The molecule has 2 N–H and O–H groups in total. The van der Waals surface area contributed by atoms with Crippen LogP contribution in [0.25, 0.3) is 11.0 Å². The molecule has 0 saturated carbocycles. The van der Waals surface area contributed by atoms with Gasteiger partial charge in [0.05, 0.1) is 30.3 Å². The number of fused-ring (bicyclic) bond motifs is 3. The average Bonchev–Trinajstić information content (AvgIpc) is 3.08. The lowest BCUT2D eigenvalue weighted by molar-refractivity contribution is 0.279.